The fraction of sp³-hybridized carbons (Fsp3) is 0.0286. The van der Waals surface area contributed by atoms with Crippen LogP contribution in [0.3, 0.4) is 0 Å². The highest BCUT2D eigenvalue weighted by molar-refractivity contribution is 8.00. The van der Waals surface area contributed by atoms with Crippen LogP contribution in [0.4, 0.5) is 11.4 Å². The van der Waals surface area contributed by atoms with Gasteiger partial charge in [0.15, 0.2) is 0 Å². The molecule has 5 rings (SSSR count). The molecule has 4 aromatic carbocycles. The Labute approximate surface area is 264 Å². The van der Waals surface area contributed by atoms with Crippen LogP contribution < -0.4 is 16.0 Å². The number of anilines is 2. The number of amides is 3. The summed E-state index contributed by atoms with van der Waals surface area (Å²) < 4.78 is 0. The molecule has 0 radical (unpaired) electrons. The standard InChI is InChI=1S/C35H27ClN4O3S/c36-29-15-7-8-16-30(29)39-35(43)32(25-11-3-1-4-12-25)44-28-19-17-27(18-20-28)38-34(42)31(22-24-10-9-21-37-23-24)40-33(41)26-13-5-2-6-14-26/h1-23,32H,(H,38,42)(H,39,43)(H,40,41)/b31-22-. The molecule has 3 N–H and O–H groups in total. The summed E-state index contributed by atoms with van der Waals surface area (Å²) in [5, 5.41) is 8.39. The quantitative estimate of drug-likeness (QED) is 0.110. The van der Waals surface area contributed by atoms with Crippen molar-refractivity contribution in [3.05, 3.63) is 161 Å². The van der Waals surface area contributed by atoms with Gasteiger partial charge in [-0.2, -0.15) is 0 Å². The van der Waals surface area contributed by atoms with Gasteiger partial charge in [-0.3, -0.25) is 19.4 Å². The molecule has 1 unspecified atom stereocenters. The van der Waals surface area contributed by atoms with E-state index in [-0.39, 0.29) is 11.6 Å². The predicted molar refractivity (Wildman–Crippen MR) is 176 cm³/mol. The lowest BCUT2D eigenvalue weighted by Crippen LogP contribution is -2.30. The number of nitrogens with one attached hydrogen (secondary N) is 3. The number of benzene rings is 4. The summed E-state index contributed by atoms with van der Waals surface area (Å²) in [5.74, 6) is -1.13. The number of halogens is 1. The topological polar surface area (TPSA) is 100 Å². The van der Waals surface area contributed by atoms with Crippen LogP contribution in [0.15, 0.2) is 144 Å². The molecule has 0 bridgehead atoms. The van der Waals surface area contributed by atoms with Crippen molar-refractivity contribution < 1.29 is 14.4 Å². The Balaban J connectivity index is 1.32. The maximum Gasteiger partial charge on any atom is 0.272 e. The summed E-state index contributed by atoms with van der Waals surface area (Å²) in [6.07, 6.45) is 4.79. The van der Waals surface area contributed by atoms with Gasteiger partial charge in [0.2, 0.25) is 5.91 Å². The van der Waals surface area contributed by atoms with E-state index in [1.165, 1.54) is 11.8 Å². The van der Waals surface area contributed by atoms with Crippen LogP contribution in [0, 0.1) is 0 Å². The van der Waals surface area contributed by atoms with Gasteiger partial charge in [0, 0.05) is 28.5 Å². The Bertz CT molecular complexity index is 1770. The van der Waals surface area contributed by atoms with E-state index < -0.39 is 17.1 Å². The van der Waals surface area contributed by atoms with E-state index in [1.54, 1.807) is 85.2 Å². The van der Waals surface area contributed by atoms with E-state index in [9.17, 15) is 14.4 Å². The molecule has 1 atom stereocenters. The van der Waals surface area contributed by atoms with E-state index in [0.717, 1.165) is 10.5 Å². The van der Waals surface area contributed by atoms with Crippen molar-refractivity contribution >= 4 is 58.5 Å². The van der Waals surface area contributed by atoms with E-state index in [4.69, 9.17) is 11.6 Å². The highest BCUT2D eigenvalue weighted by Gasteiger charge is 2.23. The summed E-state index contributed by atoms with van der Waals surface area (Å²) in [5.41, 5.74) is 3.02. The number of hydrogen-bond donors (Lipinski definition) is 3. The molecular weight excluding hydrogens is 592 g/mol. The summed E-state index contributed by atoms with van der Waals surface area (Å²) in [6.45, 7) is 0. The molecule has 0 spiro atoms. The third kappa shape index (κ3) is 8.22. The summed E-state index contributed by atoms with van der Waals surface area (Å²) in [4.78, 5) is 44.5. The Hall–Kier alpha value is -5.18. The van der Waals surface area contributed by atoms with Gasteiger partial charge >= 0.3 is 0 Å². The Morgan fingerprint density at radius 1 is 0.750 bits per heavy atom. The van der Waals surface area contributed by atoms with Gasteiger partial charge in [0.05, 0.1) is 10.7 Å². The summed E-state index contributed by atoms with van der Waals surface area (Å²) in [7, 11) is 0. The number of rotatable bonds is 10. The minimum atomic E-state index is -0.560. The van der Waals surface area contributed by atoms with Crippen molar-refractivity contribution in [3.63, 3.8) is 0 Å². The van der Waals surface area contributed by atoms with E-state index in [0.29, 0.717) is 27.5 Å². The molecule has 0 fully saturated rings. The Kier molecular flexibility index (Phi) is 10.2. The van der Waals surface area contributed by atoms with Gasteiger partial charge < -0.3 is 16.0 Å². The van der Waals surface area contributed by atoms with Gasteiger partial charge in [-0.15, -0.1) is 11.8 Å². The lowest BCUT2D eigenvalue weighted by Gasteiger charge is -2.18. The first kappa shape index (κ1) is 30.3. The van der Waals surface area contributed by atoms with Crippen LogP contribution in [-0.2, 0) is 9.59 Å². The number of aromatic nitrogens is 1. The molecule has 3 amide bonds. The minimum Gasteiger partial charge on any atom is -0.323 e. The number of nitrogens with zero attached hydrogens (tertiary/aromatic N) is 1. The third-order valence-electron chi connectivity index (χ3n) is 6.36. The van der Waals surface area contributed by atoms with Crippen molar-refractivity contribution in [2.75, 3.05) is 10.6 Å². The lowest BCUT2D eigenvalue weighted by atomic mass is 10.1. The van der Waals surface area contributed by atoms with Crippen LogP contribution in [0.2, 0.25) is 5.02 Å². The van der Waals surface area contributed by atoms with E-state index in [1.807, 2.05) is 54.6 Å². The van der Waals surface area contributed by atoms with Crippen LogP contribution in [-0.4, -0.2) is 22.7 Å². The Morgan fingerprint density at radius 2 is 1.43 bits per heavy atom. The molecule has 218 valence electrons. The van der Waals surface area contributed by atoms with Gasteiger partial charge in [0.1, 0.15) is 10.9 Å². The molecule has 1 heterocycles. The molecule has 5 aromatic rings. The molecule has 0 saturated heterocycles. The largest absolute Gasteiger partial charge is 0.323 e. The van der Waals surface area contributed by atoms with Crippen molar-refractivity contribution in [2.24, 2.45) is 0 Å². The molecule has 44 heavy (non-hydrogen) atoms. The molecule has 7 nitrogen and oxygen atoms in total. The zero-order valence-electron chi connectivity index (χ0n) is 23.3. The Morgan fingerprint density at radius 3 is 2.11 bits per heavy atom. The maximum atomic E-state index is 13.4. The second-order valence-electron chi connectivity index (χ2n) is 9.52. The first-order chi connectivity index (χ1) is 21.5. The highest BCUT2D eigenvalue weighted by Crippen LogP contribution is 2.37. The minimum absolute atomic E-state index is 0.0608. The van der Waals surface area contributed by atoms with Crippen LogP contribution >= 0.6 is 23.4 Å². The van der Waals surface area contributed by atoms with E-state index >= 15 is 0 Å². The molecule has 0 aliphatic rings. The maximum absolute atomic E-state index is 13.4. The second kappa shape index (κ2) is 14.8. The molecular formula is C35H27ClN4O3S. The van der Waals surface area contributed by atoms with Crippen LogP contribution in [0.1, 0.15) is 26.7 Å². The fourth-order valence-electron chi connectivity index (χ4n) is 4.18. The highest BCUT2D eigenvalue weighted by atomic mass is 35.5. The molecule has 9 heteroatoms. The van der Waals surface area contributed by atoms with Crippen molar-refractivity contribution in [1.82, 2.24) is 10.3 Å². The van der Waals surface area contributed by atoms with Crippen LogP contribution in [0.25, 0.3) is 6.08 Å². The van der Waals surface area contributed by atoms with Gasteiger partial charge in [-0.1, -0.05) is 78.3 Å². The zero-order chi connectivity index (χ0) is 30.7. The van der Waals surface area contributed by atoms with Crippen molar-refractivity contribution in [1.29, 1.82) is 0 Å². The number of thioether (sulfide) groups is 1. The molecule has 0 aliphatic carbocycles. The average Bonchev–Trinajstić information content (AvgIpc) is 3.06. The summed E-state index contributed by atoms with van der Waals surface area (Å²) >= 11 is 7.65. The molecule has 0 saturated carbocycles. The summed E-state index contributed by atoms with van der Waals surface area (Å²) in [6, 6.07) is 35.9. The van der Waals surface area contributed by atoms with Crippen molar-refractivity contribution in [3.8, 4) is 0 Å². The smallest absolute Gasteiger partial charge is 0.272 e. The predicted octanol–water partition coefficient (Wildman–Crippen LogP) is 7.62. The first-order valence-corrected chi connectivity index (χ1v) is 14.9. The van der Waals surface area contributed by atoms with Gasteiger partial charge in [-0.25, -0.2) is 0 Å². The van der Waals surface area contributed by atoms with E-state index in [2.05, 4.69) is 20.9 Å². The zero-order valence-corrected chi connectivity index (χ0v) is 24.9. The number of carbonyl (C=O) groups excluding carboxylic acids is 3. The van der Waals surface area contributed by atoms with Crippen LogP contribution in [0.5, 0.6) is 0 Å². The van der Waals surface area contributed by atoms with Gasteiger partial charge in [0.25, 0.3) is 11.8 Å². The lowest BCUT2D eigenvalue weighted by molar-refractivity contribution is -0.116. The normalized spacial score (nSPS) is 11.7. The number of para-hydroxylation sites is 1. The second-order valence-corrected chi connectivity index (χ2v) is 11.1. The number of pyridine rings is 1. The fourth-order valence-corrected chi connectivity index (χ4v) is 5.39. The number of hydrogen-bond acceptors (Lipinski definition) is 5. The molecule has 0 aliphatic heterocycles. The number of carbonyl (C=O) groups is 3. The van der Waals surface area contributed by atoms with Crippen molar-refractivity contribution in [2.45, 2.75) is 10.1 Å². The average molecular weight is 619 g/mol. The third-order valence-corrected chi connectivity index (χ3v) is 7.96. The SMILES string of the molecule is O=C(Nc1ccc(SC(C(=O)Nc2ccccc2Cl)c2ccccc2)cc1)/C(=C/c1cccnc1)NC(=O)c1ccccc1. The van der Waals surface area contributed by atoms with Gasteiger partial charge in [-0.05, 0) is 71.8 Å². The monoisotopic (exact) mass is 618 g/mol. The molecule has 1 aromatic heterocycles. The first-order valence-electron chi connectivity index (χ1n) is 13.6.